The summed E-state index contributed by atoms with van der Waals surface area (Å²) in [7, 11) is -3.61. The fourth-order valence-electron chi connectivity index (χ4n) is 2.50. The van der Waals surface area contributed by atoms with Gasteiger partial charge >= 0.3 is 5.63 Å². The maximum atomic E-state index is 12.5. The van der Waals surface area contributed by atoms with E-state index >= 15 is 0 Å². The Kier molecular flexibility index (Phi) is 3.35. The zero-order chi connectivity index (χ0) is 15.1. The van der Waals surface area contributed by atoms with Gasteiger partial charge in [0.05, 0.1) is 4.90 Å². The highest BCUT2D eigenvalue weighted by Gasteiger charge is 2.33. The zero-order valence-electron chi connectivity index (χ0n) is 11.5. The van der Waals surface area contributed by atoms with Crippen LogP contribution in [0.25, 0.3) is 11.0 Å². The fourth-order valence-corrected chi connectivity index (χ4v) is 3.97. The number of hydrogen-bond acceptors (Lipinski definition) is 5. The van der Waals surface area contributed by atoms with Crippen LogP contribution < -0.4 is 15.7 Å². The molecule has 0 aliphatic carbocycles. The molecule has 1 aliphatic rings. The van der Waals surface area contributed by atoms with Crippen molar-refractivity contribution >= 4 is 21.0 Å². The molecule has 2 N–H and O–H groups in total. The molecule has 7 heteroatoms. The largest absolute Gasteiger partial charge is 0.423 e. The van der Waals surface area contributed by atoms with E-state index in [1.54, 1.807) is 6.07 Å². The van der Waals surface area contributed by atoms with Crippen LogP contribution in [-0.4, -0.2) is 27.0 Å². The van der Waals surface area contributed by atoms with E-state index in [2.05, 4.69) is 10.0 Å². The smallest absolute Gasteiger partial charge is 0.336 e. The van der Waals surface area contributed by atoms with Gasteiger partial charge in [-0.3, -0.25) is 0 Å². The van der Waals surface area contributed by atoms with E-state index in [0.29, 0.717) is 17.5 Å². The molecule has 1 aliphatic heterocycles. The first-order chi connectivity index (χ1) is 9.88. The second kappa shape index (κ2) is 4.94. The zero-order valence-corrected chi connectivity index (χ0v) is 12.4. The number of fused-ring (bicyclic) bond motifs is 1. The third-order valence-corrected chi connectivity index (χ3v) is 5.29. The van der Waals surface area contributed by atoms with E-state index in [9.17, 15) is 13.2 Å². The molecular formula is C14H16N2O4S. The first kappa shape index (κ1) is 14.2. The van der Waals surface area contributed by atoms with Crippen molar-refractivity contribution in [2.75, 3.05) is 13.1 Å². The Morgan fingerprint density at radius 1 is 1.29 bits per heavy atom. The lowest BCUT2D eigenvalue weighted by molar-refractivity contribution is 0.452. The molecule has 0 bridgehead atoms. The van der Waals surface area contributed by atoms with Crippen LogP contribution in [0, 0.1) is 0 Å². The van der Waals surface area contributed by atoms with Gasteiger partial charge < -0.3 is 9.73 Å². The fraction of sp³-hybridized carbons (Fsp3) is 0.357. The SMILES string of the molecule is CC1(NS(=O)(=O)c2ccc3oc(=O)ccc3c2)CCNC1. The number of sulfonamides is 1. The Balaban J connectivity index is 1.98. The normalized spacial score (nSPS) is 22.7. The minimum Gasteiger partial charge on any atom is -0.423 e. The summed E-state index contributed by atoms with van der Waals surface area (Å²) in [6, 6.07) is 7.28. The first-order valence-corrected chi connectivity index (χ1v) is 8.15. The van der Waals surface area contributed by atoms with Crippen molar-refractivity contribution in [3.63, 3.8) is 0 Å². The standard InChI is InChI=1S/C14H16N2O4S/c1-14(6-7-15-9-14)16-21(18,19)11-3-4-12-10(8-11)2-5-13(17)20-12/h2-5,8,15-16H,6-7,9H2,1H3. The molecule has 0 radical (unpaired) electrons. The van der Waals surface area contributed by atoms with Crippen LogP contribution in [0.15, 0.2) is 44.4 Å². The van der Waals surface area contributed by atoms with Crippen molar-refractivity contribution in [1.82, 2.24) is 10.0 Å². The summed E-state index contributed by atoms with van der Waals surface area (Å²) in [6.45, 7) is 3.28. The average molecular weight is 308 g/mol. The summed E-state index contributed by atoms with van der Waals surface area (Å²) in [5.41, 5.74) is -0.562. The number of nitrogens with one attached hydrogen (secondary N) is 2. The molecule has 1 saturated heterocycles. The van der Waals surface area contributed by atoms with Crippen LogP contribution in [0.3, 0.4) is 0 Å². The molecular weight excluding hydrogens is 292 g/mol. The molecule has 0 amide bonds. The number of benzene rings is 1. The molecule has 112 valence electrons. The van der Waals surface area contributed by atoms with Crippen LogP contribution in [0.4, 0.5) is 0 Å². The van der Waals surface area contributed by atoms with Crippen LogP contribution >= 0.6 is 0 Å². The second-order valence-electron chi connectivity index (χ2n) is 5.55. The van der Waals surface area contributed by atoms with Crippen molar-refractivity contribution in [2.24, 2.45) is 0 Å². The second-order valence-corrected chi connectivity index (χ2v) is 7.23. The third kappa shape index (κ3) is 2.85. The summed E-state index contributed by atoms with van der Waals surface area (Å²) >= 11 is 0. The van der Waals surface area contributed by atoms with Crippen LogP contribution in [0.5, 0.6) is 0 Å². The van der Waals surface area contributed by atoms with Crippen LogP contribution in [0.1, 0.15) is 13.3 Å². The third-order valence-electron chi connectivity index (χ3n) is 3.65. The maximum Gasteiger partial charge on any atom is 0.336 e. The number of rotatable bonds is 3. The first-order valence-electron chi connectivity index (χ1n) is 6.67. The summed E-state index contributed by atoms with van der Waals surface area (Å²) in [5.74, 6) is 0. The Morgan fingerprint density at radius 2 is 2.10 bits per heavy atom. The van der Waals surface area contributed by atoms with Crippen molar-refractivity contribution in [1.29, 1.82) is 0 Å². The summed E-state index contributed by atoms with van der Waals surface area (Å²) in [4.78, 5) is 11.3. The molecule has 1 fully saturated rings. The quantitative estimate of drug-likeness (QED) is 0.820. The molecule has 0 spiro atoms. The Hall–Kier alpha value is -1.70. The Morgan fingerprint density at radius 3 is 2.81 bits per heavy atom. The minimum atomic E-state index is -3.61. The van der Waals surface area contributed by atoms with E-state index in [0.717, 1.165) is 13.0 Å². The molecule has 6 nitrogen and oxygen atoms in total. The Labute approximate surface area is 122 Å². The van der Waals surface area contributed by atoms with Crippen molar-refractivity contribution in [3.8, 4) is 0 Å². The van der Waals surface area contributed by atoms with Gasteiger partial charge in [0.25, 0.3) is 0 Å². The summed E-state index contributed by atoms with van der Waals surface area (Å²) in [6.07, 6.45) is 0.745. The highest BCUT2D eigenvalue weighted by atomic mass is 32.2. The monoisotopic (exact) mass is 308 g/mol. The molecule has 1 atom stereocenters. The van der Waals surface area contributed by atoms with Crippen molar-refractivity contribution in [2.45, 2.75) is 23.8 Å². The average Bonchev–Trinajstić information content (AvgIpc) is 2.83. The predicted molar refractivity (Wildman–Crippen MR) is 78.7 cm³/mol. The molecule has 2 heterocycles. The van der Waals surface area contributed by atoms with Crippen molar-refractivity contribution < 1.29 is 12.8 Å². The minimum absolute atomic E-state index is 0.164. The molecule has 0 saturated carbocycles. The summed E-state index contributed by atoms with van der Waals surface area (Å²) in [5, 5.41) is 3.72. The maximum absolute atomic E-state index is 12.5. The molecule has 1 unspecified atom stereocenters. The molecule has 3 rings (SSSR count). The predicted octanol–water partition coefficient (Wildman–Crippen LogP) is 0.823. The topological polar surface area (TPSA) is 88.4 Å². The van der Waals surface area contributed by atoms with E-state index in [1.807, 2.05) is 6.92 Å². The van der Waals surface area contributed by atoms with Gasteiger partial charge in [-0.2, -0.15) is 0 Å². The van der Waals surface area contributed by atoms with Gasteiger partial charge in [-0.25, -0.2) is 17.9 Å². The number of hydrogen-bond donors (Lipinski definition) is 2. The lowest BCUT2D eigenvalue weighted by Gasteiger charge is -2.24. The van der Waals surface area contributed by atoms with Gasteiger partial charge in [0.15, 0.2) is 0 Å². The van der Waals surface area contributed by atoms with Crippen LogP contribution in [-0.2, 0) is 10.0 Å². The van der Waals surface area contributed by atoms with Crippen LogP contribution in [0.2, 0.25) is 0 Å². The molecule has 21 heavy (non-hydrogen) atoms. The van der Waals surface area contributed by atoms with Gasteiger partial charge in [-0.15, -0.1) is 0 Å². The highest BCUT2D eigenvalue weighted by Crippen LogP contribution is 2.21. The van der Waals surface area contributed by atoms with Gasteiger partial charge in [0.1, 0.15) is 5.58 Å². The lowest BCUT2D eigenvalue weighted by Crippen LogP contribution is -2.47. The summed E-state index contributed by atoms with van der Waals surface area (Å²) < 4.78 is 32.7. The lowest BCUT2D eigenvalue weighted by atomic mass is 10.0. The van der Waals surface area contributed by atoms with E-state index in [4.69, 9.17) is 4.42 Å². The molecule has 1 aromatic heterocycles. The molecule has 2 aromatic rings. The Bertz CT molecular complexity index is 835. The van der Waals surface area contributed by atoms with E-state index in [-0.39, 0.29) is 4.90 Å². The van der Waals surface area contributed by atoms with Gasteiger partial charge in [0, 0.05) is 23.5 Å². The highest BCUT2D eigenvalue weighted by molar-refractivity contribution is 7.89. The van der Waals surface area contributed by atoms with Gasteiger partial charge in [-0.1, -0.05) is 0 Å². The van der Waals surface area contributed by atoms with Crippen molar-refractivity contribution in [3.05, 3.63) is 40.8 Å². The van der Waals surface area contributed by atoms with E-state index in [1.165, 1.54) is 24.3 Å². The van der Waals surface area contributed by atoms with E-state index < -0.39 is 21.2 Å². The van der Waals surface area contributed by atoms with Gasteiger partial charge in [0.2, 0.25) is 10.0 Å². The molecule has 1 aromatic carbocycles. The van der Waals surface area contributed by atoms with Gasteiger partial charge in [-0.05, 0) is 44.2 Å².